The third-order valence-corrected chi connectivity index (χ3v) is 1.47. The molecular weight excluding hydrogens is 315 g/mol. The van der Waals surface area contributed by atoms with E-state index in [-0.39, 0.29) is 32.7 Å². The number of hydrogen-bond acceptors (Lipinski definition) is 2. The molecule has 3 nitrogen and oxygen atoms in total. The molecule has 0 rings (SSSR count). The van der Waals surface area contributed by atoms with E-state index < -0.39 is 0 Å². The van der Waals surface area contributed by atoms with Gasteiger partial charge in [-0.2, -0.15) is 0 Å². The van der Waals surface area contributed by atoms with Gasteiger partial charge in [-0.1, -0.05) is 67.7 Å². The minimum atomic E-state index is 0. The first kappa shape index (κ1) is 32.1. The first-order valence-corrected chi connectivity index (χ1v) is 7.78. The second kappa shape index (κ2) is 50.9. The molecule has 0 amide bonds. The van der Waals surface area contributed by atoms with Crippen LogP contribution in [0.15, 0.2) is 0 Å². The number of ether oxygens (including phenoxy) is 1. The number of hydrogen-bond donors (Lipinski definition) is 0. The van der Waals surface area contributed by atoms with Crippen LogP contribution in [0.3, 0.4) is 0 Å². The van der Waals surface area contributed by atoms with Crippen LogP contribution >= 0.6 is 0 Å². The van der Waals surface area contributed by atoms with E-state index >= 15 is 0 Å². The normalized spacial score (nSPS) is 7.58. The van der Waals surface area contributed by atoms with Crippen molar-refractivity contribution in [2.75, 3.05) is 26.4 Å². The second-order valence-electron chi connectivity index (χ2n) is 2.59. The van der Waals surface area contributed by atoms with Gasteiger partial charge in [-0.3, -0.25) is 0 Å². The zero-order chi connectivity index (χ0) is 15.1. The first-order chi connectivity index (χ1) is 8.91. The molecule has 0 aliphatic carbocycles. The molecule has 0 aromatic rings. The summed E-state index contributed by atoms with van der Waals surface area (Å²) in [6.45, 7) is 18.9. The fourth-order valence-electron chi connectivity index (χ4n) is 0.796. The van der Waals surface area contributed by atoms with Gasteiger partial charge < -0.3 is 15.1 Å². The summed E-state index contributed by atoms with van der Waals surface area (Å²) in [5, 5.41) is 0. The predicted molar refractivity (Wildman–Crippen MR) is 84.2 cm³/mol. The van der Waals surface area contributed by atoms with Crippen molar-refractivity contribution >= 4 is 0 Å². The maximum Gasteiger partial charge on any atom is 0.0682 e. The Morgan fingerprint density at radius 3 is 1.74 bits per heavy atom. The summed E-state index contributed by atoms with van der Waals surface area (Å²) in [5.74, 6) is 0. The molecule has 0 N–H and O–H groups in total. The molecule has 0 aliphatic heterocycles. The quantitative estimate of drug-likeness (QED) is 0.399. The van der Waals surface area contributed by atoms with Crippen molar-refractivity contribution in [2.45, 2.75) is 74.7 Å². The number of hydroxylamine groups is 1. The standard InChI is InChI=1S/C9H20NO2.3C2H6.Y/c1-3-5-6-7-10-12-9-8-11-4-2;3*1-2;/h3-9H2,1-2H3;3*1-2H3;/q-1;;;;. The Balaban J connectivity index is -0.0000000816. The van der Waals surface area contributed by atoms with E-state index in [1.165, 1.54) is 12.8 Å². The van der Waals surface area contributed by atoms with Gasteiger partial charge >= 0.3 is 0 Å². The maximum atomic E-state index is 5.08. The van der Waals surface area contributed by atoms with Crippen molar-refractivity contribution in [3.8, 4) is 0 Å². The molecule has 0 heterocycles. The molecule has 0 aromatic carbocycles. The van der Waals surface area contributed by atoms with Crippen LogP contribution in [-0.2, 0) is 42.3 Å². The molecule has 0 fully saturated rings. The van der Waals surface area contributed by atoms with Gasteiger partial charge in [-0.25, -0.2) is 0 Å². The molecule has 4 heteroatoms. The van der Waals surface area contributed by atoms with E-state index in [1.54, 1.807) is 0 Å². The van der Waals surface area contributed by atoms with Gasteiger partial charge in [-0.15, -0.1) is 6.54 Å². The van der Waals surface area contributed by atoms with E-state index in [4.69, 9.17) is 9.57 Å². The van der Waals surface area contributed by atoms with E-state index in [0.717, 1.165) is 19.6 Å². The summed E-state index contributed by atoms with van der Waals surface area (Å²) in [5.41, 5.74) is 3.90. The van der Waals surface area contributed by atoms with Crippen LogP contribution in [0.25, 0.3) is 5.48 Å². The maximum absolute atomic E-state index is 5.08. The fraction of sp³-hybridized carbons (Fsp3) is 1.00. The molecule has 0 spiro atoms. The molecule has 0 aromatic heterocycles. The molecule has 0 saturated heterocycles. The predicted octanol–water partition coefficient (Wildman–Crippen LogP) is 5.59. The Morgan fingerprint density at radius 2 is 1.32 bits per heavy atom. The van der Waals surface area contributed by atoms with Crippen molar-refractivity contribution in [1.82, 2.24) is 0 Å². The Morgan fingerprint density at radius 1 is 0.789 bits per heavy atom. The molecule has 0 aliphatic rings. The largest absolute Gasteiger partial charge is 0.534 e. The molecule has 1 radical (unpaired) electrons. The van der Waals surface area contributed by atoms with E-state index in [9.17, 15) is 0 Å². The minimum Gasteiger partial charge on any atom is -0.534 e. The van der Waals surface area contributed by atoms with Gasteiger partial charge in [0.25, 0.3) is 0 Å². The Labute approximate surface area is 148 Å². The van der Waals surface area contributed by atoms with Crippen LogP contribution in [0.4, 0.5) is 0 Å². The van der Waals surface area contributed by atoms with Gasteiger partial charge in [0.1, 0.15) is 0 Å². The fourth-order valence-corrected chi connectivity index (χ4v) is 0.796. The topological polar surface area (TPSA) is 32.6 Å². The first-order valence-electron chi connectivity index (χ1n) is 7.78. The summed E-state index contributed by atoms with van der Waals surface area (Å²) in [4.78, 5) is 4.98. The van der Waals surface area contributed by atoms with Gasteiger partial charge in [-0.05, 0) is 6.92 Å². The van der Waals surface area contributed by atoms with Gasteiger partial charge in [0.05, 0.1) is 6.61 Å². The Kier molecular flexibility index (Phi) is 85.9. The van der Waals surface area contributed by atoms with E-state index in [1.807, 2.05) is 48.5 Å². The molecule has 0 bridgehead atoms. The monoisotopic (exact) mass is 353 g/mol. The molecular formula is C15H38NO2Y-. The number of rotatable bonds is 9. The van der Waals surface area contributed by atoms with Gasteiger partial charge in [0.2, 0.25) is 0 Å². The summed E-state index contributed by atoms with van der Waals surface area (Å²) >= 11 is 0. The number of nitrogens with zero attached hydrogens (tertiary/aromatic N) is 1. The van der Waals surface area contributed by atoms with Crippen LogP contribution in [-0.4, -0.2) is 26.4 Å². The SMILES string of the molecule is CC.CC.CC.CCCCC[N-]OCCOCC.[Y]. The van der Waals surface area contributed by atoms with Crippen LogP contribution in [0.1, 0.15) is 74.7 Å². The zero-order valence-corrected chi connectivity index (χ0v) is 17.6. The van der Waals surface area contributed by atoms with Crippen molar-refractivity contribution in [1.29, 1.82) is 0 Å². The average Bonchev–Trinajstić information content (AvgIpc) is 2.48. The average molecular weight is 353 g/mol. The van der Waals surface area contributed by atoms with Crippen LogP contribution < -0.4 is 0 Å². The summed E-state index contributed by atoms with van der Waals surface area (Å²) in [6, 6.07) is 0. The van der Waals surface area contributed by atoms with Crippen LogP contribution in [0.5, 0.6) is 0 Å². The molecule has 119 valence electrons. The molecule has 0 unspecified atom stereocenters. The van der Waals surface area contributed by atoms with Crippen molar-refractivity contribution in [3.63, 3.8) is 0 Å². The zero-order valence-electron chi connectivity index (χ0n) is 14.8. The Hall–Kier alpha value is 0.984. The van der Waals surface area contributed by atoms with Gasteiger partial charge in [0, 0.05) is 45.9 Å². The summed E-state index contributed by atoms with van der Waals surface area (Å²) in [6.07, 6.45) is 3.60. The van der Waals surface area contributed by atoms with Crippen LogP contribution in [0.2, 0.25) is 0 Å². The van der Waals surface area contributed by atoms with E-state index in [0.29, 0.717) is 13.2 Å². The van der Waals surface area contributed by atoms with Crippen molar-refractivity contribution in [2.24, 2.45) is 0 Å². The van der Waals surface area contributed by atoms with E-state index in [2.05, 4.69) is 12.4 Å². The van der Waals surface area contributed by atoms with Crippen molar-refractivity contribution < 1.29 is 42.3 Å². The third kappa shape index (κ3) is 54.9. The summed E-state index contributed by atoms with van der Waals surface area (Å²) < 4.78 is 5.08. The molecule has 0 atom stereocenters. The second-order valence-corrected chi connectivity index (χ2v) is 2.59. The Bertz CT molecular complexity index is 76.5. The molecule has 0 saturated carbocycles. The van der Waals surface area contributed by atoms with Gasteiger partial charge in [0.15, 0.2) is 0 Å². The third-order valence-electron chi connectivity index (χ3n) is 1.47. The number of unbranched alkanes of at least 4 members (excludes halogenated alkanes) is 2. The summed E-state index contributed by atoms with van der Waals surface area (Å²) in [7, 11) is 0. The molecule has 19 heavy (non-hydrogen) atoms. The minimum absolute atomic E-state index is 0. The van der Waals surface area contributed by atoms with Crippen molar-refractivity contribution in [3.05, 3.63) is 5.48 Å². The smallest absolute Gasteiger partial charge is 0.0682 e. The van der Waals surface area contributed by atoms with Crippen LogP contribution in [0, 0.1) is 0 Å².